The SMILES string of the molecule is CCCCCCCOC(=O)CC(CC(=O)OCCCCC)(C(C)=O)C(=O)OCCCCCCC. The van der Waals surface area contributed by atoms with E-state index in [2.05, 4.69) is 13.8 Å². The van der Waals surface area contributed by atoms with Crippen LogP contribution in [0.15, 0.2) is 0 Å². The van der Waals surface area contributed by atoms with E-state index in [0.717, 1.165) is 70.6 Å². The summed E-state index contributed by atoms with van der Waals surface area (Å²) in [5, 5.41) is 0. The van der Waals surface area contributed by atoms with Gasteiger partial charge in [-0.2, -0.15) is 0 Å². The van der Waals surface area contributed by atoms with Crippen molar-refractivity contribution in [3.63, 3.8) is 0 Å². The first kappa shape index (κ1) is 32.1. The van der Waals surface area contributed by atoms with Crippen LogP contribution in [0.1, 0.15) is 124 Å². The summed E-state index contributed by atoms with van der Waals surface area (Å²) < 4.78 is 15.9. The first-order chi connectivity index (χ1) is 16.3. The summed E-state index contributed by atoms with van der Waals surface area (Å²) in [6.07, 6.45) is 11.4. The van der Waals surface area contributed by atoms with E-state index >= 15 is 0 Å². The lowest BCUT2D eigenvalue weighted by atomic mass is 9.77. The number of esters is 3. The van der Waals surface area contributed by atoms with Gasteiger partial charge in [0.05, 0.1) is 32.7 Å². The molecule has 7 nitrogen and oxygen atoms in total. The molecule has 0 aromatic heterocycles. The van der Waals surface area contributed by atoms with Crippen molar-refractivity contribution in [3.05, 3.63) is 0 Å². The fourth-order valence-electron chi connectivity index (χ4n) is 3.63. The molecule has 34 heavy (non-hydrogen) atoms. The molecule has 0 aromatic rings. The number of hydrogen-bond donors (Lipinski definition) is 0. The maximum Gasteiger partial charge on any atom is 0.320 e. The van der Waals surface area contributed by atoms with Crippen LogP contribution < -0.4 is 0 Å². The van der Waals surface area contributed by atoms with Crippen molar-refractivity contribution in [1.29, 1.82) is 0 Å². The second-order valence-corrected chi connectivity index (χ2v) is 9.10. The lowest BCUT2D eigenvalue weighted by molar-refractivity contribution is -0.171. The zero-order chi connectivity index (χ0) is 25.7. The summed E-state index contributed by atoms with van der Waals surface area (Å²) in [6, 6.07) is 0. The first-order valence-electron chi connectivity index (χ1n) is 13.3. The maximum atomic E-state index is 13.0. The molecule has 0 aliphatic heterocycles. The van der Waals surface area contributed by atoms with Gasteiger partial charge in [-0.15, -0.1) is 0 Å². The van der Waals surface area contributed by atoms with Gasteiger partial charge in [-0.1, -0.05) is 85.0 Å². The van der Waals surface area contributed by atoms with Crippen LogP contribution in [0, 0.1) is 5.41 Å². The lowest BCUT2D eigenvalue weighted by Gasteiger charge is -2.27. The highest BCUT2D eigenvalue weighted by molar-refractivity contribution is 6.07. The van der Waals surface area contributed by atoms with E-state index in [0.29, 0.717) is 12.8 Å². The molecule has 0 saturated carbocycles. The molecule has 0 aromatic carbocycles. The summed E-state index contributed by atoms with van der Waals surface area (Å²) in [5.74, 6) is -2.79. The van der Waals surface area contributed by atoms with E-state index in [-0.39, 0.29) is 19.8 Å². The molecule has 1 atom stereocenters. The molecule has 0 bridgehead atoms. The van der Waals surface area contributed by atoms with Crippen LogP contribution in [0.25, 0.3) is 0 Å². The van der Waals surface area contributed by atoms with Gasteiger partial charge >= 0.3 is 17.9 Å². The van der Waals surface area contributed by atoms with Crippen LogP contribution in [0.5, 0.6) is 0 Å². The number of rotatable bonds is 22. The summed E-state index contributed by atoms with van der Waals surface area (Å²) in [5.41, 5.74) is -1.91. The Morgan fingerprint density at radius 3 is 1.29 bits per heavy atom. The van der Waals surface area contributed by atoms with Gasteiger partial charge in [0.1, 0.15) is 11.2 Å². The Balaban J connectivity index is 5.12. The van der Waals surface area contributed by atoms with Crippen LogP contribution in [-0.2, 0) is 33.4 Å². The number of ether oxygens (including phenoxy) is 3. The molecule has 0 amide bonds. The van der Waals surface area contributed by atoms with Gasteiger partial charge in [0.2, 0.25) is 0 Å². The van der Waals surface area contributed by atoms with E-state index < -0.39 is 41.9 Å². The zero-order valence-electron chi connectivity index (χ0n) is 22.1. The molecule has 0 spiro atoms. The molecular weight excluding hydrogens is 436 g/mol. The molecule has 0 aliphatic rings. The average molecular weight is 485 g/mol. The van der Waals surface area contributed by atoms with Crippen molar-refractivity contribution in [2.45, 2.75) is 124 Å². The maximum absolute atomic E-state index is 13.0. The minimum Gasteiger partial charge on any atom is -0.466 e. The van der Waals surface area contributed by atoms with Crippen LogP contribution in [0.3, 0.4) is 0 Å². The number of ketones is 1. The molecule has 1 unspecified atom stereocenters. The Labute approximate surface area is 206 Å². The summed E-state index contributed by atoms with van der Waals surface area (Å²) in [4.78, 5) is 50.7. The van der Waals surface area contributed by atoms with Crippen LogP contribution in [0.2, 0.25) is 0 Å². The monoisotopic (exact) mass is 484 g/mol. The van der Waals surface area contributed by atoms with Crippen molar-refractivity contribution in [2.24, 2.45) is 5.41 Å². The normalized spacial score (nSPS) is 12.6. The standard InChI is InChI=1S/C27H48O7/c1-5-8-11-13-16-19-33-25(30)22-27(23(4)28,21-24(29)32-18-15-10-7-3)26(31)34-20-17-14-12-9-6-2/h5-22H2,1-4H3. The molecule has 0 rings (SSSR count). The molecule has 0 radical (unpaired) electrons. The Morgan fingerprint density at radius 2 is 0.882 bits per heavy atom. The van der Waals surface area contributed by atoms with E-state index in [1.807, 2.05) is 6.92 Å². The highest BCUT2D eigenvalue weighted by Crippen LogP contribution is 2.32. The Kier molecular flexibility index (Phi) is 19.3. The van der Waals surface area contributed by atoms with Crippen molar-refractivity contribution in [2.75, 3.05) is 19.8 Å². The predicted molar refractivity (Wildman–Crippen MR) is 132 cm³/mol. The second-order valence-electron chi connectivity index (χ2n) is 9.10. The van der Waals surface area contributed by atoms with Crippen molar-refractivity contribution >= 4 is 23.7 Å². The average Bonchev–Trinajstić information content (AvgIpc) is 2.80. The molecule has 0 heterocycles. The molecule has 7 heteroatoms. The van der Waals surface area contributed by atoms with Crippen LogP contribution >= 0.6 is 0 Å². The third-order valence-electron chi connectivity index (χ3n) is 5.96. The van der Waals surface area contributed by atoms with Crippen molar-refractivity contribution < 1.29 is 33.4 Å². The van der Waals surface area contributed by atoms with Gasteiger partial charge in [-0.25, -0.2) is 0 Å². The highest BCUT2D eigenvalue weighted by atomic mass is 16.5. The van der Waals surface area contributed by atoms with Crippen molar-refractivity contribution in [3.8, 4) is 0 Å². The number of Topliss-reactive ketones (excluding diaryl/α,β-unsaturated/α-hetero) is 1. The Hall–Kier alpha value is -1.92. The summed E-state index contributed by atoms with van der Waals surface area (Å²) >= 11 is 0. The minimum atomic E-state index is -1.91. The topological polar surface area (TPSA) is 96.0 Å². The largest absolute Gasteiger partial charge is 0.466 e. The van der Waals surface area contributed by atoms with Crippen molar-refractivity contribution in [1.82, 2.24) is 0 Å². The quantitative estimate of drug-likeness (QED) is 0.0792. The first-order valence-corrected chi connectivity index (χ1v) is 13.3. The second kappa shape index (κ2) is 20.5. The van der Waals surface area contributed by atoms with Crippen LogP contribution in [-0.4, -0.2) is 43.5 Å². The number of carbonyl (C=O) groups is 4. The number of hydrogen-bond acceptors (Lipinski definition) is 7. The minimum absolute atomic E-state index is 0.148. The van der Waals surface area contributed by atoms with Gasteiger partial charge in [-0.3, -0.25) is 19.2 Å². The molecular formula is C27H48O7. The fraction of sp³-hybridized carbons (Fsp3) is 0.852. The van der Waals surface area contributed by atoms with E-state index in [9.17, 15) is 19.2 Å². The number of carbonyl (C=O) groups excluding carboxylic acids is 4. The molecule has 0 fully saturated rings. The third kappa shape index (κ3) is 14.4. The molecule has 0 saturated heterocycles. The third-order valence-corrected chi connectivity index (χ3v) is 5.96. The molecule has 0 aliphatic carbocycles. The fourth-order valence-corrected chi connectivity index (χ4v) is 3.63. The van der Waals surface area contributed by atoms with Gasteiger partial charge in [0.15, 0.2) is 0 Å². The van der Waals surface area contributed by atoms with Gasteiger partial charge in [0.25, 0.3) is 0 Å². The number of unbranched alkanes of at least 4 members (excludes halogenated alkanes) is 10. The van der Waals surface area contributed by atoms with Crippen LogP contribution in [0.4, 0.5) is 0 Å². The highest BCUT2D eigenvalue weighted by Gasteiger charge is 2.49. The van der Waals surface area contributed by atoms with E-state index in [1.54, 1.807) is 0 Å². The van der Waals surface area contributed by atoms with E-state index in [4.69, 9.17) is 14.2 Å². The van der Waals surface area contributed by atoms with E-state index in [1.165, 1.54) is 6.92 Å². The molecule has 0 N–H and O–H groups in total. The predicted octanol–water partition coefficient (Wildman–Crippen LogP) is 6.10. The Bertz CT molecular complexity index is 588. The summed E-state index contributed by atoms with van der Waals surface area (Å²) in [6.45, 7) is 8.09. The van der Waals surface area contributed by atoms with Gasteiger partial charge in [-0.05, 0) is 26.2 Å². The Morgan fingerprint density at radius 1 is 0.529 bits per heavy atom. The zero-order valence-corrected chi connectivity index (χ0v) is 22.1. The summed E-state index contributed by atoms with van der Waals surface area (Å²) in [7, 11) is 0. The van der Waals surface area contributed by atoms with Gasteiger partial charge in [0, 0.05) is 0 Å². The van der Waals surface area contributed by atoms with Gasteiger partial charge < -0.3 is 14.2 Å². The lowest BCUT2D eigenvalue weighted by Crippen LogP contribution is -2.44. The molecule has 198 valence electrons. The smallest absolute Gasteiger partial charge is 0.320 e.